The van der Waals surface area contributed by atoms with E-state index in [4.69, 9.17) is 28.9 Å². The van der Waals surface area contributed by atoms with E-state index >= 15 is 0 Å². The van der Waals surface area contributed by atoms with Crippen molar-refractivity contribution >= 4 is 46.1 Å². The molecule has 5 rings (SSSR count). The number of halogens is 2. The Morgan fingerprint density at radius 2 is 1.88 bits per heavy atom. The van der Waals surface area contributed by atoms with Crippen LogP contribution in [-0.4, -0.2) is 37.3 Å². The zero-order valence-corrected chi connectivity index (χ0v) is 20.0. The van der Waals surface area contributed by atoms with Gasteiger partial charge in [0.15, 0.2) is 0 Å². The average molecular weight is 495 g/mol. The Balaban J connectivity index is 1.39. The van der Waals surface area contributed by atoms with E-state index in [0.717, 1.165) is 52.9 Å². The SMILES string of the molecule is Nc1ncc(-c2ccc(Cl)cc2)c([C@H]2CCCCN2C(=O)CCc2nc3ccc(Cl)cc3[nH]2)n1. The summed E-state index contributed by atoms with van der Waals surface area (Å²) in [5.41, 5.74) is 10.3. The number of nitrogens with zero attached hydrogens (tertiary/aromatic N) is 4. The smallest absolute Gasteiger partial charge is 0.223 e. The fraction of sp³-hybridized carbons (Fsp3) is 0.280. The van der Waals surface area contributed by atoms with E-state index in [1.54, 1.807) is 6.20 Å². The standard InChI is InChI=1S/C25H24Cl2N6O/c26-16-6-4-15(5-7-16)18-14-29-25(28)32-24(18)21-3-1-2-12-33(21)23(34)11-10-22-30-19-9-8-17(27)13-20(19)31-22/h4-9,13-14,21H,1-3,10-12H2,(H,30,31)(H2,28,29,32)/t21-/m1/s1. The first-order chi connectivity index (χ1) is 16.5. The van der Waals surface area contributed by atoms with Gasteiger partial charge in [0.05, 0.1) is 22.8 Å². The average Bonchev–Trinajstić information content (AvgIpc) is 3.25. The Labute approximate surface area is 207 Å². The third-order valence-corrected chi connectivity index (χ3v) is 6.69. The molecule has 3 heterocycles. The van der Waals surface area contributed by atoms with Crippen LogP contribution < -0.4 is 5.73 Å². The Morgan fingerprint density at radius 3 is 2.71 bits per heavy atom. The number of carbonyl (C=O) groups excluding carboxylic acids is 1. The number of hydrogen-bond donors (Lipinski definition) is 2. The predicted octanol–water partition coefficient (Wildman–Crippen LogP) is 5.60. The fourth-order valence-electron chi connectivity index (χ4n) is 4.55. The summed E-state index contributed by atoms with van der Waals surface area (Å²) < 4.78 is 0. The summed E-state index contributed by atoms with van der Waals surface area (Å²) in [7, 11) is 0. The molecule has 1 aliphatic rings. The van der Waals surface area contributed by atoms with Gasteiger partial charge in [0.2, 0.25) is 11.9 Å². The second kappa shape index (κ2) is 9.60. The maximum absolute atomic E-state index is 13.4. The molecule has 0 spiro atoms. The normalized spacial score (nSPS) is 16.2. The van der Waals surface area contributed by atoms with Gasteiger partial charge in [0.1, 0.15) is 5.82 Å². The summed E-state index contributed by atoms with van der Waals surface area (Å²) >= 11 is 12.2. The minimum atomic E-state index is -0.160. The molecule has 1 aliphatic heterocycles. The van der Waals surface area contributed by atoms with Crippen LogP contribution in [0.1, 0.15) is 43.2 Å². The maximum Gasteiger partial charge on any atom is 0.223 e. The number of piperidine rings is 1. The summed E-state index contributed by atoms with van der Waals surface area (Å²) in [4.78, 5) is 32.0. The number of nitrogen functional groups attached to an aromatic ring is 1. The van der Waals surface area contributed by atoms with Crippen LogP contribution in [0.4, 0.5) is 5.95 Å². The molecule has 7 nitrogen and oxygen atoms in total. The minimum absolute atomic E-state index is 0.0717. The third-order valence-electron chi connectivity index (χ3n) is 6.20. The number of nitrogens with two attached hydrogens (primary N) is 1. The maximum atomic E-state index is 13.4. The van der Waals surface area contributed by atoms with Crippen LogP contribution in [0.5, 0.6) is 0 Å². The number of carbonyl (C=O) groups is 1. The first-order valence-electron chi connectivity index (χ1n) is 11.3. The highest BCUT2D eigenvalue weighted by molar-refractivity contribution is 6.31. The second-order valence-corrected chi connectivity index (χ2v) is 9.35. The second-order valence-electron chi connectivity index (χ2n) is 8.48. The monoisotopic (exact) mass is 494 g/mol. The van der Waals surface area contributed by atoms with Gasteiger partial charge in [-0.2, -0.15) is 0 Å². The zero-order valence-electron chi connectivity index (χ0n) is 18.5. The summed E-state index contributed by atoms with van der Waals surface area (Å²) in [5.74, 6) is 1.04. The van der Waals surface area contributed by atoms with E-state index in [1.807, 2.05) is 47.4 Å². The van der Waals surface area contributed by atoms with Crippen molar-refractivity contribution in [3.63, 3.8) is 0 Å². The number of imidazole rings is 1. The zero-order chi connectivity index (χ0) is 23.7. The molecule has 3 N–H and O–H groups in total. The number of aromatic nitrogens is 4. The molecular formula is C25H24Cl2N6O. The van der Waals surface area contributed by atoms with Crippen molar-refractivity contribution in [1.29, 1.82) is 0 Å². The fourth-order valence-corrected chi connectivity index (χ4v) is 4.85. The van der Waals surface area contributed by atoms with Crippen molar-refractivity contribution in [2.45, 2.75) is 38.1 Å². The number of amides is 1. The molecule has 0 saturated carbocycles. The lowest BCUT2D eigenvalue weighted by Crippen LogP contribution is -2.39. The Kier molecular flexibility index (Phi) is 6.39. The van der Waals surface area contributed by atoms with Crippen LogP contribution in [-0.2, 0) is 11.2 Å². The van der Waals surface area contributed by atoms with Gasteiger partial charge >= 0.3 is 0 Å². The molecule has 1 saturated heterocycles. The topological polar surface area (TPSA) is 101 Å². The largest absolute Gasteiger partial charge is 0.368 e. The van der Waals surface area contributed by atoms with Gasteiger partial charge in [-0.25, -0.2) is 15.0 Å². The molecule has 0 aliphatic carbocycles. The molecule has 0 bridgehead atoms. The number of hydrogen-bond acceptors (Lipinski definition) is 5. The molecule has 174 valence electrons. The molecular weight excluding hydrogens is 471 g/mol. The van der Waals surface area contributed by atoms with Gasteiger partial charge in [0.25, 0.3) is 0 Å². The van der Waals surface area contributed by atoms with Gasteiger partial charge in [-0.3, -0.25) is 4.79 Å². The molecule has 2 aromatic heterocycles. The number of benzene rings is 2. The molecule has 1 atom stereocenters. The summed E-state index contributed by atoms with van der Waals surface area (Å²) in [5, 5.41) is 1.31. The lowest BCUT2D eigenvalue weighted by molar-refractivity contribution is -0.135. The summed E-state index contributed by atoms with van der Waals surface area (Å²) in [6, 6.07) is 12.9. The molecule has 0 unspecified atom stereocenters. The number of H-pyrrole nitrogens is 1. The lowest BCUT2D eigenvalue weighted by atomic mass is 9.93. The number of rotatable bonds is 5. The predicted molar refractivity (Wildman–Crippen MR) is 135 cm³/mol. The van der Waals surface area contributed by atoms with Crippen molar-refractivity contribution in [2.24, 2.45) is 0 Å². The first-order valence-corrected chi connectivity index (χ1v) is 12.1. The molecule has 1 amide bonds. The number of nitrogens with one attached hydrogen (secondary N) is 1. The number of aryl methyl sites for hydroxylation is 1. The van der Waals surface area contributed by atoms with Crippen LogP contribution >= 0.6 is 23.2 Å². The van der Waals surface area contributed by atoms with Crippen molar-refractivity contribution in [2.75, 3.05) is 12.3 Å². The first kappa shape index (κ1) is 22.6. The summed E-state index contributed by atoms with van der Waals surface area (Å²) in [6.45, 7) is 0.684. The van der Waals surface area contributed by atoms with Crippen LogP contribution in [0.2, 0.25) is 10.0 Å². The Bertz CT molecular complexity index is 1340. The van der Waals surface area contributed by atoms with Crippen molar-refractivity contribution < 1.29 is 4.79 Å². The number of aromatic amines is 1. The quantitative estimate of drug-likeness (QED) is 0.376. The van der Waals surface area contributed by atoms with Gasteiger partial charge in [-0.05, 0) is 55.2 Å². The molecule has 1 fully saturated rings. The van der Waals surface area contributed by atoms with Crippen LogP contribution in [0.15, 0.2) is 48.7 Å². The van der Waals surface area contributed by atoms with Crippen molar-refractivity contribution in [3.05, 3.63) is 70.2 Å². The molecule has 0 radical (unpaired) electrons. The van der Waals surface area contributed by atoms with Gasteiger partial charge < -0.3 is 15.6 Å². The molecule has 2 aromatic carbocycles. The number of likely N-dealkylation sites (tertiary alicyclic amines) is 1. The molecule has 9 heteroatoms. The number of fused-ring (bicyclic) bond motifs is 1. The van der Waals surface area contributed by atoms with Crippen molar-refractivity contribution in [3.8, 4) is 11.1 Å². The Hall–Kier alpha value is -3.16. The van der Waals surface area contributed by atoms with Gasteiger partial charge in [-0.1, -0.05) is 35.3 Å². The third kappa shape index (κ3) is 4.72. The number of anilines is 1. The highest BCUT2D eigenvalue weighted by Crippen LogP contribution is 2.36. The van der Waals surface area contributed by atoms with E-state index in [9.17, 15) is 4.79 Å². The highest BCUT2D eigenvalue weighted by Gasteiger charge is 2.31. The van der Waals surface area contributed by atoms with E-state index < -0.39 is 0 Å². The van der Waals surface area contributed by atoms with E-state index in [1.165, 1.54) is 0 Å². The van der Waals surface area contributed by atoms with Gasteiger partial charge in [-0.15, -0.1) is 0 Å². The molecule has 34 heavy (non-hydrogen) atoms. The van der Waals surface area contributed by atoms with Gasteiger partial charge in [0, 0.05) is 41.2 Å². The minimum Gasteiger partial charge on any atom is -0.368 e. The lowest BCUT2D eigenvalue weighted by Gasteiger charge is -2.36. The van der Waals surface area contributed by atoms with E-state index in [2.05, 4.69) is 19.9 Å². The van der Waals surface area contributed by atoms with Crippen LogP contribution in [0, 0.1) is 0 Å². The van der Waals surface area contributed by atoms with Crippen LogP contribution in [0.25, 0.3) is 22.2 Å². The Morgan fingerprint density at radius 1 is 1.09 bits per heavy atom. The van der Waals surface area contributed by atoms with Crippen LogP contribution in [0.3, 0.4) is 0 Å². The van der Waals surface area contributed by atoms with Crippen molar-refractivity contribution in [1.82, 2.24) is 24.8 Å². The van der Waals surface area contributed by atoms with E-state index in [0.29, 0.717) is 29.4 Å². The highest BCUT2D eigenvalue weighted by atomic mass is 35.5. The molecule has 4 aromatic rings. The van der Waals surface area contributed by atoms with E-state index in [-0.39, 0.29) is 17.9 Å². The summed E-state index contributed by atoms with van der Waals surface area (Å²) in [6.07, 6.45) is 5.40.